The Morgan fingerprint density at radius 2 is 1.79 bits per heavy atom. The minimum Gasteiger partial charge on any atom is -0.495 e. The van der Waals surface area contributed by atoms with Crippen molar-refractivity contribution in [2.24, 2.45) is 0 Å². The zero-order valence-electron chi connectivity index (χ0n) is 16.9. The minimum atomic E-state index is -3.95. The molecule has 1 amide bonds. The zero-order chi connectivity index (χ0) is 20.9. The summed E-state index contributed by atoms with van der Waals surface area (Å²) < 4.78 is 33.5. The quantitative estimate of drug-likeness (QED) is 0.703. The summed E-state index contributed by atoms with van der Waals surface area (Å²) >= 11 is 0. The molecule has 0 heterocycles. The third-order valence-electron chi connectivity index (χ3n) is 4.53. The lowest BCUT2D eigenvalue weighted by Crippen LogP contribution is -2.41. The molecule has 6 nitrogen and oxygen atoms in total. The van der Waals surface area contributed by atoms with Gasteiger partial charge < -0.3 is 10.1 Å². The molecule has 0 saturated carbocycles. The molecule has 0 spiro atoms. The molecule has 7 heteroatoms. The molecule has 1 unspecified atom stereocenters. The summed E-state index contributed by atoms with van der Waals surface area (Å²) in [5, 5.41) is 2.80. The van der Waals surface area contributed by atoms with Crippen LogP contribution in [0.3, 0.4) is 0 Å². The highest BCUT2D eigenvalue weighted by Crippen LogP contribution is 2.28. The van der Waals surface area contributed by atoms with Crippen LogP contribution in [0.4, 0.5) is 5.69 Å². The number of hydrogen-bond donors (Lipinski definition) is 2. The molecule has 2 rings (SSSR count). The topological polar surface area (TPSA) is 84.5 Å². The average Bonchev–Trinajstić information content (AvgIpc) is 2.67. The number of hydrogen-bond acceptors (Lipinski definition) is 4. The molecule has 0 aromatic heterocycles. The summed E-state index contributed by atoms with van der Waals surface area (Å²) in [5.41, 5.74) is 2.53. The molecular weight excluding hydrogens is 376 g/mol. The van der Waals surface area contributed by atoms with E-state index in [-0.39, 0.29) is 16.6 Å². The Labute approximate surface area is 167 Å². The Hall–Kier alpha value is -2.38. The maximum absolute atomic E-state index is 12.9. The van der Waals surface area contributed by atoms with Gasteiger partial charge in [0.25, 0.3) is 0 Å². The number of amides is 1. The van der Waals surface area contributed by atoms with Gasteiger partial charge in [-0.2, -0.15) is 4.72 Å². The maximum Gasteiger partial charge on any atom is 0.244 e. The van der Waals surface area contributed by atoms with Gasteiger partial charge in [0.1, 0.15) is 10.6 Å². The number of rotatable bonds is 8. The molecule has 0 radical (unpaired) electrons. The number of aryl methyl sites for hydroxylation is 1. The number of benzene rings is 2. The zero-order valence-corrected chi connectivity index (χ0v) is 17.8. The van der Waals surface area contributed by atoms with Gasteiger partial charge in [0.15, 0.2) is 0 Å². The van der Waals surface area contributed by atoms with Crippen molar-refractivity contribution < 1.29 is 17.9 Å². The number of carbonyl (C=O) groups is 1. The van der Waals surface area contributed by atoms with Crippen molar-refractivity contribution in [1.82, 2.24) is 4.72 Å². The molecule has 0 aliphatic rings. The predicted molar refractivity (Wildman–Crippen MR) is 111 cm³/mol. The van der Waals surface area contributed by atoms with Crippen LogP contribution in [-0.2, 0) is 21.2 Å². The summed E-state index contributed by atoms with van der Waals surface area (Å²) in [5.74, 6) is -0.0320. The van der Waals surface area contributed by atoms with Crippen LogP contribution < -0.4 is 14.8 Å². The van der Waals surface area contributed by atoms with Gasteiger partial charge >= 0.3 is 0 Å². The average molecular weight is 405 g/mol. The SMILES string of the molecule is CCc1ccccc1NC(=O)C(C)NS(=O)(=O)c1cc(C(C)C)ccc1OC. The van der Waals surface area contributed by atoms with E-state index < -0.39 is 22.0 Å². The fourth-order valence-electron chi connectivity index (χ4n) is 2.80. The van der Waals surface area contributed by atoms with Gasteiger partial charge in [0, 0.05) is 5.69 Å². The van der Waals surface area contributed by atoms with Gasteiger partial charge in [-0.05, 0) is 48.6 Å². The first-order valence-electron chi connectivity index (χ1n) is 9.28. The number of ether oxygens (including phenoxy) is 1. The van der Waals surface area contributed by atoms with Crippen LogP contribution in [-0.4, -0.2) is 27.5 Å². The lowest BCUT2D eigenvalue weighted by Gasteiger charge is -2.18. The smallest absolute Gasteiger partial charge is 0.244 e. The lowest BCUT2D eigenvalue weighted by atomic mass is 10.0. The Morgan fingerprint density at radius 1 is 1.11 bits per heavy atom. The van der Waals surface area contributed by atoms with Gasteiger partial charge in [-0.1, -0.05) is 45.0 Å². The van der Waals surface area contributed by atoms with E-state index >= 15 is 0 Å². The van der Waals surface area contributed by atoms with Gasteiger partial charge in [0.05, 0.1) is 13.2 Å². The summed E-state index contributed by atoms with van der Waals surface area (Å²) in [4.78, 5) is 12.6. The molecule has 152 valence electrons. The third kappa shape index (κ3) is 5.11. The Kier molecular flexibility index (Phi) is 7.21. The molecule has 28 heavy (non-hydrogen) atoms. The summed E-state index contributed by atoms with van der Waals surface area (Å²) in [7, 11) is -2.53. The van der Waals surface area contributed by atoms with Crippen molar-refractivity contribution in [1.29, 1.82) is 0 Å². The van der Waals surface area contributed by atoms with E-state index in [1.165, 1.54) is 14.0 Å². The maximum atomic E-state index is 12.9. The molecular formula is C21H28N2O4S. The Morgan fingerprint density at radius 3 is 2.39 bits per heavy atom. The van der Waals surface area contributed by atoms with E-state index in [2.05, 4.69) is 10.0 Å². The van der Waals surface area contributed by atoms with Crippen molar-refractivity contribution in [3.05, 3.63) is 53.6 Å². The highest BCUT2D eigenvalue weighted by molar-refractivity contribution is 7.89. The van der Waals surface area contributed by atoms with Crippen LogP contribution in [0, 0.1) is 0 Å². The van der Waals surface area contributed by atoms with Crippen LogP contribution in [0.2, 0.25) is 0 Å². The highest BCUT2D eigenvalue weighted by Gasteiger charge is 2.26. The number of para-hydroxylation sites is 1. The number of anilines is 1. The van der Waals surface area contributed by atoms with Crippen LogP contribution >= 0.6 is 0 Å². The fourth-order valence-corrected chi connectivity index (χ4v) is 4.21. The van der Waals surface area contributed by atoms with E-state index in [1.54, 1.807) is 18.2 Å². The van der Waals surface area contributed by atoms with Crippen molar-refractivity contribution in [3.8, 4) is 5.75 Å². The fraction of sp³-hybridized carbons (Fsp3) is 0.381. The number of methoxy groups -OCH3 is 1. The van der Waals surface area contributed by atoms with Gasteiger partial charge in [0.2, 0.25) is 15.9 Å². The summed E-state index contributed by atoms with van der Waals surface area (Å²) in [6.07, 6.45) is 0.760. The second kappa shape index (κ2) is 9.21. The van der Waals surface area contributed by atoms with E-state index in [1.807, 2.05) is 45.0 Å². The molecule has 0 saturated heterocycles. The van der Waals surface area contributed by atoms with Crippen LogP contribution in [0.1, 0.15) is 44.7 Å². The van der Waals surface area contributed by atoms with Gasteiger partial charge in [-0.15, -0.1) is 0 Å². The van der Waals surface area contributed by atoms with Gasteiger partial charge in [-0.3, -0.25) is 4.79 Å². The van der Waals surface area contributed by atoms with E-state index in [4.69, 9.17) is 4.74 Å². The molecule has 2 aromatic carbocycles. The molecule has 1 atom stereocenters. The highest BCUT2D eigenvalue weighted by atomic mass is 32.2. The molecule has 0 aliphatic carbocycles. The second-order valence-electron chi connectivity index (χ2n) is 6.91. The van der Waals surface area contributed by atoms with Crippen LogP contribution in [0.15, 0.2) is 47.4 Å². The van der Waals surface area contributed by atoms with Crippen LogP contribution in [0.25, 0.3) is 0 Å². The van der Waals surface area contributed by atoms with E-state index in [9.17, 15) is 13.2 Å². The second-order valence-corrected chi connectivity index (χ2v) is 8.59. The number of nitrogens with one attached hydrogen (secondary N) is 2. The molecule has 2 aromatic rings. The lowest BCUT2D eigenvalue weighted by molar-refractivity contribution is -0.117. The largest absolute Gasteiger partial charge is 0.495 e. The molecule has 0 fully saturated rings. The Balaban J connectivity index is 2.23. The first-order chi connectivity index (χ1) is 13.2. The predicted octanol–water partition coefficient (Wildman–Crippen LogP) is 3.69. The van der Waals surface area contributed by atoms with E-state index in [0.717, 1.165) is 17.5 Å². The molecule has 0 aliphatic heterocycles. The van der Waals surface area contributed by atoms with Crippen molar-refractivity contribution in [2.75, 3.05) is 12.4 Å². The van der Waals surface area contributed by atoms with Crippen molar-refractivity contribution in [2.45, 2.75) is 51.0 Å². The third-order valence-corrected chi connectivity index (χ3v) is 6.09. The monoisotopic (exact) mass is 404 g/mol. The minimum absolute atomic E-state index is 0.0230. The van der Waals surface area contributed by atoms with E-state index in [0.29, 0.717) is 5.69 Å². The number of sulfonamides is 1. The first kappa shape index (κ1) is 21.9. The molecule has 2 N–H and O–H groups in total. The van der Waals surface area contributed by atoms with Gasteiger partial charge in [-0.25, -0.2) is 8.42 Å². The van der Waals surface area contributed by atoms with Crippen molar-refractivity contribution >= 4 is 21.6 Å². The number of carbonyl (C=O) groups excluding carboxylic acids is 1. The normalized spacial score (nSPS) is 12.6. The van der Waals surface area contributed by atoms with Crippen molar-refractivity contribution in [3.63, 3.8) is 0 Å². The standard InChI is InChI=1S/C21H28N2O4S/c1-6-16-9-7-8-10-18(16)22-21(24)15(4)23-28(25,26)20-13-17(14(2)3)11-12-19(20)27-5/h7-15,23H,6H2,1-5H3,(H,22,24). The molecule has 0 bridgehead atoms. The Bertz CT molecular complexity index is 939. The summed E-state index contributed by atoms with van der Waals surface area (Å²) in [6.45, 7) is 7.46. The first-order valence-corrected chi connectivity index (χ1v) is 10.8. The van der Waals surface area contributed by atoms with Crippen LogP contribution in [0.5, 0.6) is 5.75 Å². The summed E-state index contributed by atoms with van der Waals surface area (Å²) in [6, 6.07) is 11.5.